The Morgan fingerprint density at radius 3 is 0.845 bits per heavy atom. The standard InChI is InChI=1S/C61H50N2O8/c1-59(2,39-11-23-45(64)24-12-39)37-7-19-43(20-8-37)62-55(66)51-33-31-49(35-53(51)57(62)68)70-47-27-15-41(16-28-47)61(5,6)42-17-29-48(30-18-42)71-50-32-34-52-54(36-50)58(69)63(56(52)67)44-21-9-38(10-22-44)60(3,4)40-13-25-46(65)26-14-40/h7-36,64-65H,1-6H3. The summed E-state index contributed by atoms with van der Waals surface area (Å²) >= 11 is 0. The highest BCUT2D eigenvalue weighted by atomic mass is 16.5. The minimum atomic E-state index is -0.424. The molecule has 2 N–H and O–H groups in total. The second kappa shape index (κ2) is 17.3. The molecular formula is C61H50N2O8. The lowest BCUT2D eigenvalue weighted by Gasteiger charge is -2.27. The van der Waals surface area contributed by atoms with E-state index in [-0.39, 0.29) is 33.5 Å². The van der Waals surface area contributed by atoms with Crippen molar-refractivity contribution < 1.29 is 38.9 Å². The summed E-state index contributed by atoms with van der Waals surface area (Å²) in [7, 11) is 0. The second-order valence-electron chi connectivity index (χ2n) is 19.6. The van der Waals surface area contributed by atoms with Crippen molar-refractivity contribution in [3.05, 3.63) is 238 Å². The van der Waals surface area contributed by atoms with Gasteiger partial charge in [-0.2, -0.15) is 0 Å². The molecule has 10 rings (SSSR count). The lowest BCUT2D eigenvalue weighted by molar-refractivity contribution is 0.0910. The van der Waals surface area contributed by atoms with Crippen LogP contribution in [0.25, 0.3) is 0 Å². The second-order valence-corrected chi connectivity index (χ2v) is 19.6. The maximum absolute atomic E-state index is 13.7. The molecule has 4 amide bonds. The van der Waals surface area contributed by atoms with Gasteiger partial charge in [0.25, 0.3) is 23.6 Å². The van der Waals surface area contributed by atoms with E-state index in [1.807, 2.05) is 97.1 Å². The normalized spacial score (nSPS) is 13.7. The van der Waals surface area contributed by atoms with Crippen molar-refractivity contribution >= 4 is 35.0 Å². The van der Waals surface area contributed by atoms with Crippen molar-refractivity contribution in [3.8, 4) is 34.5 Å². The van der Waals surface area contributed by atoms with E-state index < -0.39 is 29.0 Å². The number of benzene rings is 8. The topological polar surface area (TPSA) is 134 Å². The van der Waals surface area contributed by atoms with Gasteiger partial charge in [-0.25, -0.2) is 9.80 Å². The van der Waals surface area contributed by atoms with Crippen LogP contribution in [0.2, 0.25) is 0 Å². The number of fused-ring (bicyclic) bond motifs is 2. The van der Waals surface area contributed by atoms with Crippen LogP contribution < -0.4 is 19.3 Å². The van der Waals surface area contributed by atoms with E-state index in [0.717, 1.165) is 33.4 Å². The van der Waals surface area contributed by atoms with E-state index in [4.69, 9.17) is 9.47 Å². The maximum atomic E-state index is 13.7. The Kier molecular flexibility index (Phi) is 11.2. The van der Waals surface area contributed by atoms with Gasteiger partial charge in [0.05, 0.1) is 33.6 Å². The molecule has 0 fully saturated rings. The van der Waals surface area contributed by atoms with E-state index in [1.165, 1.54) is 9.80 Å². The van der Waals surface area contributed by atoms with Crippen molar-refractivity contribution in [1.82, 2.24) is 0 Å². The van der Waals surface area contributed by atoms with Gasteiger partial charge in [0, 0.05) is 16.2 Å². The quantitative estimate of drug-likeness (QED) is 0.116. The van der Waals surface area contributed by atoms with Crippen LogP contribution in [0.1, 0.15) is 116 Å². The number of phenolic OH excluding ortho intramolecular Hbond substituents is 2. The SMILES string of the molecule is CC(C)(c1ccc(Oc2ccc3c(c2)C(=O)N(c2ccc(C(C)(C)c4ccc(O)cc4)cc2)C3=O)cc1)c1ccc(Oc2ccc3c(c2)C(=O)N(c2ccc(C(C)(C)c4ccc(O)cc4)cc2)C3=O)cc1. The number of amides is 4. The predicted octanol–water partition coefficient (Wildman–Crippen LogP) is 13.3. The van der Waals surface area contributed by atoms with Gasteiger partial charge in [-0.3, -0.25) is 19.2 Å². The van der Waals surface area contributed by atoms with Crippen molar-refractivity contribution in [1.29, 1.82) is 0 Å². The number of anilines is 2. The van der Waals surface area contributed by atoms with Crippen LogP contribution >= 0.6 is 0 Å². The molecule has 10 nitrogen and oxygen atoms in total. The van der Waals surface area contributed by atoms with Crippen LogP contribution in [-0.4, -0.2) is 33.8 Å². The summed E-state index contributed by atoms with van der Waals surface area (Å²) in [6.07, 6.45) is 0. The molecule has 352 valence electrons. The molecule has 8 aromatic rings. The molecule has 0 unspecified atom stereocenters. The van der Waals surface area contributed by atoms with Gasteiger partial charge in [-0.15, -0.1) is 0 Å². The largest absolute Gasteiger partial charge is 0.508 e. The van der Waals surface area contributed by atoms with Gasteiger partial charge in [-0.1, -0.05) is 114 Å². The molecule has 0 saturated carbocycles. The van der Waals surface area contributed by atoms with Gasteiger partial charge >= 0.3 is 0 Å². The predicted molar refractivity (Wildman–Crippen MR) is 274 cm³/mol. The lowest BCUT2D eigenvalue weighted by atomic mass is 9.78. The number of nitrogens with zero attached hydrogens (tertiary/aromatic N) is 2. The molecule has 0 saturated heterocycles. The Bertz CT molecular complexity index is 3170. The third-order valence-corrected chi connectivity index (χ3v) is 14.2. The Morgan fingerprint density at radius 1 is 0.310 bits per heavy atom. The Hall–Kier alpha value is -8.76. The average molecular weight is 939 g/mol. The third-order valence-electron chi connectivity index (χ3n) is 14.2. The van der Waals surface area contributed by atoms with Crippen molar-refractivity contribution in [2.45, 2.75) is 57.8 Å². The van der Waals surface area contributed by atoms with Crippen molar-refractivity contribution in [2.75, 3.05) is 9.80 Å². The van der Waals surface area contributed by atoms with Gasteiger partial charge in [0.1, 0.15) is 34.5 Å². The molecule has 0 bridgehead atoms. The van der Waals surface area contributed by atoms with Crippen molar-refractivity contribution in [2.24, 2.45) is 0 Å². The molecule has 2 heterocycles. The van der Waals surface area contributed by atoms with Gasteiger partial charge in [0.2, 0.25) is 0 Å². The number of carbonyl (C=O) groups excluding carboxylic acids is 4. The summed E-state index contributed by atoms with van der Waals surface area (Å²) in [4.78, 5) is 56.9. The first-order chi connectivity index (χ1) is 33.9. The number of rotatable bonds is 12. The first-order valence-electron chi connectivity index (χ1n) is 23.3. The summed E-state index contributed by atoms with van der Waals surface area (Å²) < 4.78 is 12.4. The van der Waals surface area contributed by atoms with Crippen LogP contribution in [0.5, 0.6) is 34.5 Å². The molecule has 2 aliphatic heterocycles. The minimum absolute atomic E-state index is 0.197. The van der Waals surface area contributed by atoms with Crippen molar-refractivity contribution in [3.63, 3.8) is 0 Å². The lowest BCUT2D eigenvalue weighted by Crippen LogP contribution is -2.29. The third kappa shape index (κ3) is 8.27. The van der Waals surface area contributed by atoms with Crippen LogP contribution in [0.3, 0.4) is 0 Å². The molecule has 0 spiro atoms. The fourth-order valence-electron chi connectivity index (χ4n) is 9.50. The summed E-state index contributed by atoms with van der Waals surface area (Å²) in [6, 6.07) is 54.3. The molecule has 0 aliphatic carbocycles. The molecule has 10 heteroatoms. The van der Waals surface area contributed by atoms with E-state index in [0.29, 0.717) is 45.5 Å². The smallest absolute Gasteiger partial charge is 0.266 e. The highest BCUT2D eigenvalue weighted by Crippen LogP contribution is 2.40. The fraction of sp³-hybridized carbons (Fsp3) is 0.148. The number of aromatic hydroxyl groups is 2. The molecular weight excluding hydrogens is 889 g/mol. The molecule has 0 aromatic heterocycles. The number of carbonyl (C=O) groups is 4. The van der Waals surface area contributed by atoms with Crippen LogP contribution in [0.4, 0.5) is 11.4 Å². The van der Waals surface area contributed by atoms with E-state index in [9.17, 15) is 29.4 Å². The highest BCUT2D eigenvalue weighted by Gasteiger charge is 2.39. The zero-order chi connectivity index (χ0) is 50.0. The summed E-state index contributed by atoms with van der Waals surface area (Å²) in [5, 5.41) is 19.5. The molecule has 8 aromatic carbocycles. The number of hydrogen-bond donors (Lipinski definition) is 2. The fourth-order valence-corrected chi connectivity index (χ4v) is 9.50. The van der Waals surface area contributed by atoms with E-state index in [1.54, 1.807) is 84.9 Å². The van der Waals surface area contributed by atoms with E-state index >= 15 is 0 Å². The van der Waals surface area contributed by atoms with Crippen LogP contribution in [-0.2, 0) is 16.2 Å². The number of hydrogen-bond acceptors (Lipinski definition) is 8. The van der Waals surface area contributed by atoms with E-state index in [2.05, 4.69) is 41.5 Å². The molecule has 0 radical (unpaired) electrons. The summed E-state index contributed by atoms with van der Waals surface area (Å²) in [6.45, 7) is 12.6. The zero-order valence-corrected chi connectivity index (χ0v) is 40.1. The van der Waals surface area contributed by atoms with Gasteiger partial charge in [0.15, 0.2) is 0 Å². The Balaban J connectivity index is 0.772. The number of phenols is 2. The first kappa shape index (κ1) is 46.0. The maximum Gasteiger partial charge on any atom is 0.266 e. The van der Waals surface area contributed by atoms with Gasteiger partial charge in [-0.05, 0) is 143 Å². The molecule has 2 aliphatic rings. The monoisotopic (exact) mass is 938 g/mol. The number of ether oxygens (including phenoxy) is 2. The Labute approximate surface area is 412 Å². The summed E-state index contributed by atoms with van der Waals surface area (Å²) in [5.74, 6) is 0.730. The Morgan fingerprint density at radius 2 is 0.549 bits per heavy atom. The first-order valence-corrected chi connectivity index (χ1v) is 23.3. The van der Waals surface area contributed by atoms with Crippen LogP contribution in [0.15, 0.2) is 182 Å². The summed E-state index contributed by atoms with van der Waals surface area (Å²) in [5.41, 5.74) is 7.00. The van der Waals surface area contributed by atoms with Gasteiger partial charge < -0.3 is 19.7 Å². The zero-order valence-electron chi connectivity index (χ0n) is 40.1. The molecule has 0 atom stereocenters. The molecule has 71 heavy (non-hydrogen) atoms. The average Bonchev–Trinajstić information content (AvgIpc) is 3.77. The highest BCUT2D eigenvalue weighted by molar-refractivity contribution is 6.35. The van der Waals surface area contributed by atoms with Crippen LogP contribution in [0, 0.1) is 0 Å². The number of imide groups is 2. The minimum Gasteiger partial charge on any atom is -0.508 e.